The van der Waals surface area contributed by atoms with Crippen molar-refractivity contribution in [3.63, 3.8) is 0 Å². The van der Waals surface area contributed by atoms with Crippen LogP contribution in [0.25, 0.3) is 0 Å². The molecule has 2 aromatic rings. The number of hydrogen-bond acceptors (Lipinski definition) is 3. The number of aliphatic hydroxyl groups is 1. The number of hydrogen-bond donors (Lipinski definition) is 1. The van der Waals surface area contributed by atoms with Crippen LogP contribution in [0.15, 0.2) is 30.3 Å². The van der Waals surface area contributed by atoms with Crippen molar-refractivity contribution in [2.75, 3.05) is 0 Å². The van der Waals surface area contributed by atoms with E-state index in [0.717, 1.165) is 12.1 Å². The molecule has 0 spiro atoms. The fourth-order valence-electron chi connectivity index (χ4n) is 1.98. The minimum absolute atomic E-state index is 0.0448. The van der Waals surface area contributed by atoms with Crippen LogP contribution in [0.3, 0.4) is 0 Å². The molecule has 1 heterocycles. The summed E-state index contributed by atoms with van der Waals surface area (Å²) in [7, 11) is 0. The van der Waals surface area contributed by atoms with E-state index in [2.05, 4.69) is 36.3 Å². The highest BCUT2D eigenvalue weighted by molar-refractivity contribution is 5.17. The minimum Gasteiger partial charge on any atom is -0.390 e. The largest absolute Gasteiger partial charge is 0.390 e. The van der Waals surface area contributed by atoms with Crippen molar-refractivity contribution in [3.05, 3.63) is 47.3 Å². The van der Waals surface area contributed by atoms with Crippen LogP contribution in [0.2, 0.25) is 0 Å². The molecule has 0 saturated heterocycles. The van der Waals surface area contributed by atoms with Crippen molar-refractivity contribution >= 4 is 0 Å². The van der Waals surface area contributed by atoms with Gasteiger partial charge in [0, 0.05) is 0 Å². The maximum Gasteiger partial charge on any atom is 0.111 e. The van der Waals surface area contributed by atoms with Gasteiger partial charge in [-0.25, -0.2) is 4.68 Å². The molecule has 0 aliphatic heterocycles. The average molecular weight is 245 g/mol. The van der Waals surface area contributed by atoms with Gasteiger partial charge in [0.1, 0.15) is 5.69 Å². The van der Waals surface area contributed by atoms with Gasteiger partial charge in [0.25, 0.3) is 0 Å². The van der Waals surface area contributed by atoms with E-state index in [0.29, 0.717) is 18.2 Å². The second kappa shape index (κ2) is 5.78. The molecule has 96 valence electrons. The molecule has 2 rings (SSSR count). The summed E-state index contributed by atoms with van der Waals surface area (Å²) < 4.78 is 1.89. The molecule has 1 aromatic heterocycles. The Bertz CT molecular complexity index is 491. The van der Waals surface area contributed by atoms with E-state index in [-0.39, 0.29) is 6.61 Å². The summed E-state index contributed by atoms with van der Waals surface area (Å²) >= 11 is 0. The fraction of sp³-hybridized carbons (Fsp3) is 0.429. The Morgan fingerprint density at radius 1 is 1.22 bits per heavy atom. The Balaban J connectivity index is 2.24. The molecule has 0 unspecified atom stereocenters. The summed E-state index contributed by atoms with van der Waals surface area (Å²) in [6.45, 7) is 4.97. The Kier molecular flexibility index (Phi) is 4.10. The van der Waals surface area contributed by atoms with Gasteiger partial charge in [0.2, 0.25) is 0 Å². The number of nitrogens with zero attached hydrogens (tertiary/aromatic N) is 3. The third-order valence-corrected chi connectivity index (χ3v) is 2.84. The summed E-state index contributed by atoms with van der Waals surface area (Å²) in [6, 6.07) is 10.2. The van der Waals surface area contributed by atoms with Crippen molar-refractivity contribution < 1.29 is 5.11 Å². The van der Waals surface area contributed by atoms with E-state index >= 15 is 0 Å². The van der Waals surface area contributed by atoms with E-state index < -0.39 is 0 Å². The highest BCUT2D eigenvalue weighted by atomic mass is 16.3. The molecule has 0 aliphatic rings. The maximum absolute atomic E-state index is 9.29. The Morgan fingerprint density at radius 3 is 2.56 bits per heavy atom. The number of aromatic nitrogens is 3. The highest BCUT2D eigenvalue weighted by Crippen LogP contribution is 2.13. The lowest BCUT2D eigenvalue weighted by Crippen LogP contribution is -2.10. The van der Waals surface area contributed by atoms with Crippen LogP contribution in [0.1, 0.15) is 30.8 Å². The Hall–Kier alpha value is -1.68. The van der Waals surface area contributed by atoms with Gasteiger partial charge in [0.15, 0.2) is 0 Å². The number of benzene rings is 1. The van der Waals surface area contributed by atoms with Crippen LogP contribution in [0.4, 0.5) is 0 Å². The quantitative estimate of drug-likeness (QED) is 0.876. The van der Waals surface area contributed by atoms with E-state index in [9.17, 15) is 5.11 Å². The molecule has 0 saturated carbocycles. The third-order valence-electron chi connectivity index (χ3n) is 2.84. The van der Waals surface area contributed by atoms with Crippen LogP contribution in [-0.2, 0) is 19.6 Å². The average Bonchev–Trinajstić information content (AvgIpc) is 2.72. The monoisotopic (exact) mass is 245 g/mol. The SMILES string of the molecule is CC(C)Cc1c(CO)nnn1Cc1ccccc1. The maximum atomic E-state index is 9.29. The van der Waals surface area contributed by atoms with Crippen molar-refractivity contribution in [1.82, 2.24) is 15.0 Å². The first-order valence-corrected chi connectivity index (χ1v) is 6.26. The molecule has 0 radical (unpaired) electrons. The molecule has 0 bridgehead atoms. The topological polar surface area (TPSA) is 50.9 Å². The summed E-state index contributed by atoms with van der Waals surface area (Å²) in [4.78, 5) is 0. The van der Waals surface area contributed by atoms with Crippen molar-refractivity contribution in [3.8, 4) is 0 Å². The first kappa shape index (κ1) is 12.8. The van der Waals surface area contributed by atoms with Gasteiger partial charge in [-0.1, -0.05) is 49.4 Å². The normalized spacial score (nSPS) is 11.1. The molecule has 0 fully saturated rings. The lowest BCUT2D eigenvalue weighted by Gasteiger charge is -2.09. The molecule has 4 heteroatoms. The van der Waals surface area contributed by atoms with Gasteiger partial charge in [-0.05, 0) is 17.9 Å². The smallest absolute Gasteiger partial charge is 0.111 e. The molecule has 0 atom stereocenters. The zero-order chi connectivity index (χ0) is 13.0. The van der Waals surface area contributed by atoms with Crippen molar-refractivity contribution in [1.29, 1.82) is 0 Å². The van der Waals surface area contributed by atoms with E-state index in [1.807, 2.05) is 22.9 Å². The zero-order valence-electron chi connectivity index (χ0n) is 10.9. The molecule has 18 heavy (non-hydrogen) atoms. The van der Waals surface area contributed by atoms with Crippen LogP contribution in [0, 0.1) is 5.92 Å². The summed E-state index contributed by atoms with van der Waals surface area (Å²) in [5, 5.41) is 17.5. The third kappa shape index (κ3) is 2.96. The van der Waals surface area contributed by atoms with Gasteiger partial charge in [-0.3, -0.25) is 0 Å². The first-order chi connectivity index (χ1) is 8.70. The minimum atomic E-state index is -0.0448. The summed E-state index contributed by atoms with van der Waals surface area (Å²) in [5.74, 6) is 0.517. The van der Waals surface area contributed by atoms with E-state index in [1.165, 1.54) is 5.56 Å². The number of rotatable bonds is 5. The van der Waals surface area contributed by atoms with Crippen LogP contribution in [0.5, 0.6) is 0 Å². The van der Waals surface area contributed by atoms with E-state index in [4.69, 9.17) is 0 Å². The van der Waals surface area contributed by atoms with Crippen LogP contribution < -0.4 is 0 Å². The summed E-state index contributed by atoms with van der Waals surface area (Å²) in [5.41, 5.74) is 2.92. The van der Waals surface area contributed by atoms with Gasteiger partial charge in [-0.15, -0.1) is 5.10 Å². The lowest BCUT2D eigenvalue weighted by atomic mass is 10.1. The van der Waals surface area contributed by atoms with Crippen molar-refractivity contribution in [2.45, 2.75) is 33.4 Å². The molecule has 1 aromatic carbocycles. The molecular formula is C14H19N3O. The molecule has 0 amide bonds. The molecular weight excluding hydrogens is 226 g/mol. The molecule has 1 N–H and O–H groups in total. The number of aliphatic hydroxyl groups excluding tert-OH is 1. The molecule has 0 aliphatic carbocycles. The van der Waals surface area contributed by atoms with Crippen LogP contribution in [-0.4, -0.2) is 20.1 Å². The van der Waals surface area contributed by atoms with Gasteiger partial charge >= 0.3 is 0 Å². The van der Waals surface area contributed by atoms with Gasteiger partial charge < -0.3 is 5.11 Å². The molecule has 4 nitrogen and oxygen atoms in total. The predicted octanol–water partition coefficient (Wildman–Crippen LogP) is 2.02. The van der Waals surface area contributed by atoms with E-state index in [1.54, 1.807) is 0 Å². The second-order valence-corrected chi connectivity index (χ2v) is 4.88. The zero-order valence-corrected chi connectivity index (χ0v) is 10.9. The van der Waals surface area contributed by atoms with Gasteiger partial charge in [0.05, 0.1) is 18.8 Å². The fourth-order valence-corrected chi connectivity index (χ4v) is 1.98. The predicted molar refractivity (Wildman–Crippen MR) is 70.0 cm³/mol. The van der Waals surface area contributed by atoms with Crippen LogP contribution >= 0.6 is 0 Å². The lowest BCUT2D eigenvalue weighted by molar-refractivity contribution is 0.275. The van der Waals surface area contributed by atoms with Crippen molar-refractivity contribution in [2.24, 2.45) is 5.92 Å². The first-order valence-electron chi connectivity index (χ1n) is 6.26. The summed E-state index contributed by atoms with van der Waals surface area (Å²) in [6.07, 6.45) is 0.885. The Labute approximate surface area is 107 Å². The highest BCUT2D eigenvalue weighted by Gasteiger charge is 2.13. The van der Waals surface area contributed by atoms with Gasteiger partial charge in [-0.2, -0.15) is 0 Å². The Morgan fingerprint density at radius 2 is 1.94 bits per heavy atom. The second-order valence-electron chi connectivity index (χ2n) is 4.88. The standard InChI is InChI=1S/C14H19N3O/c1-11(2)8-14-13(10-18)15-16-17(14)9-12-6-4-3-5-7-12/h3-7,11,18H,8-10H2,1-2H3.